The highest BCUT2D eigenvalue weighted by molar-refractivity contribution is 7.92. The standard InChI is InChI=1S/C22H20F2N4O4S/c1-4-33(30,31)26-14-6-8-19(32-20-7-5-13(23)9-18(20)24)15(10-14)17-12-27(2)22(29)21-16(17)11-25-28(21)3/h5-12,26H,4H2,1-3H3. The summed E-state index contributed by atoms with van der Waals surface area (Å²) in [5.41, 5.74) is 1.20. The Kier molecular flexibility index (Phi) is 5.66. The molecule has 4 aromatic rings. The van der Waals surface area contributed by atoms with Crippen LogP contribution in [0.5, 0.6) is 11.5 Å². The minimum absolute atomic E-state index is 0.131. The SMILES string of the molecule is CCS(=O)(=O)Nc1ccc(Oc2ccc(F)cc2F)c(-c2cn(C)c(=O)c3c2cnn3C)c1. The third kappa shape index (κ3) is 4.31. The van der Waals surface area contributed by atoms with Gasteiger partial charge in [0.2, 0.25) is 10.0 Å². The first-order chi connectivity index (χ1) is 15.6. The first kappa shape index (κ1) is 22.5. The summed E-state index contributed by atoms with van der Waals surface area (Å²) in [5.74, 6) is -1.83. The van der Waals surface area contributed by atoms with Gasteiger partial charge in [0.05, 0.1) is 11.9 Å². The van der Waals surface area contributed by atoms with E-state index in [2.05, 4.69) is 9.82 Å². The molecule has 0 unspecified atom stereocenters. The molecule has 0 aliphatic carbocycles. The minimum Gasteiger partial charge on any atom is -0.454 e. The zero-order chi connectivity index (χ0) is 23.9. The van der Waals surface area contributed by atoms with E-state index in [1.807, 2.05) is 0 Å². The molecule has 172 valence electrons. The van der Waals surface area contributed by atoms with Crippen molar-refractivity contribution in [3.63, 3.8) is 0 Å². The molecular weight excluding hydrogens is 454 g/mol. The molecule has 2 heterocycles. The summed E-state index contributed by atoms with van der Waals surface area (Å²) in [7, 11) is -0.371. The maximum Gasteiger partial charge on any atom is 0.276 e. The molecule has 2 aromatic heterocycles. The fourth-order valence-electron chi connectivity index (χ4n) is 3.41. The molecule has 0 bridgehead atoms. The Balaban J connectivity index is 1.95. The van der Waals surface area contributed by atoms with Crippen LogP contribution in [-0.2, 0) is 24.1 Å². The predicted molar refractivity (Wildman–Crippen MR) is 121 cm³/mol. The lowest BCUT2D eigenvalue weighted by Gasteiger charge is -2.16. The van der Waals surface area contributed by atoms with Crippen molar-refractivity contribution in [3.05, 3.63) is 70.8 Å². The quantitative estimate of drug-likeness (QED) is 0.459. The lowest BCUT2D eigenvalue weighted by Crippen LogP contribution is -2.18. The molecule has 0 saturated heterocycles. The third-order valence-electron chi connectivity index (χ3n) is 5.11. The molecule has 33 heavy (non-hydrogen) atoms. The number of rotatable bonds is 6. The average Bonchev–Trinajstić information content (AvgIpc) is 3.15. The normalized spacial score (nSPS) is 11.7. The first-order valence-corrected chi connectivity index (χ1v) is 11.5. The van der Waals surface area contributed by atoms with Crippen LogP contribution in [0.3, 0.4) is 0 Å². The molecule has 8 nitrogen and oxygen atoms in total. The molecule has 4 rings (SSSR count). The summed E-state index contributed by atoms with van der Waals surface area (Å²) in [6.45, 7) is 1.50. The highest BCUT2D eigenvalue weighted by atomic mass is 32.2. The van der Waals surface area contributed by atoms with Gasteiger partial charge in [0.1, 0.15) is 17.1 Å². The number of aromatic nitrogens is 3. The second-order valence-electron chi connectivity index (χ2n) is 7.38. The number of anilines is 1. The second-order valence-corrected chi connectivity index (χ2v) is 9.39. The van der Waals surface area contributed by atoms with E-state index in [1.54, 1.807) is 20.3 Å². The van der Waals surface area contributed by atoms with E-state index in [-0.39, 0.29) is 28.5 Å². The third-order valence-corrected chi connectivity index (χ3v) is 6.42. The smallest absolute Gasteiger partial charge is 0.276 e. The molecule has 0 fully saturated rings. The summed E-state index contributed by atoms with van der Waals surface area (Å²) < 4.78 is 62.8. The van der Waals surface area contributed by atoms with Gasteiger partial charge in [-0.25, -0.2) is 17.2 Å². The van der Waals surface area contributed by atoms with Gasteiger partial charge in [-0.2, -0.15) is 5.10 Å². The molecule has 1 N–H and O–H groups in total. The Morgan fingerprint density at radius 1 is 1.06 bits per heavy atom. The molecule has 0 atom stereocenters. The van der Waals surface area contributed by atoms with Crippen LogP contribution in [0, 0.1) is 11.6 Å². The van der Waals surface area contributed by atoms with Gasteiger partial charge < -0.3 is 9.30 Å². The van der Waals surface area contributed by atoms with Crippen LogP contribution in [0.1, 0.15) is 6.92 Å². The monoisotopic (exact) mass is 474 g/mol. The maximum atomic E-state index is 14.3. The molecule has 11 heteroatoms. The van der Waals surface area contributed by atoms with Crippen LogP contribution in [0.2, 0.25) is 0 Å². The van der Waals surface area contributed by atoms with Gasteiger partial charge in [-0.15, -0.1) is 0 Å². The highest BCUT2D eigenvalue weighted by Gasteiger charge is 2.19. The van der Waals surface area contributed by atoms with E-state index in [4.69, 9.17) is 4.74 Å². The summed E-state index contributed by atoms with van der Waals surface area (Å²) >= 11 is 0. The van der Waals surface area contributed by atoms with Gasteiger partial charge in [0, 0.05) is 48.6 Å². The van der Waals surface area contributed by atoms with Gasteiger partial charge in [-0.1, -0.05) is 0 Å². The van der Waals surface area contributed by atoms with E-state index in [1.165, 1.54) is 40.6 Å². The van der Waals surface area contributed by atoms with Gasteiger partial charge in [0.15, 0.2) is 11.6 Å². The van der Waals surface area contributed by atoms with E-state index < -0.39 is 21.7 Å². The van der Waals surface area contributed by atoms with Crippen molar-refractivity contribution in [1.82, 2.24) is 14.3 Å². The molecule has 2 aromatic carbocycles. The van der Waals surface area contributed by atoms with Crippen LogP contribution < -0.4 is 15.0 Å². The molecule has 0 spiro atoms. The Hall–Kier alpha value is -3.73. The topological polar surface area (TPSA) is 95.2 Å². The van der Waals surface area contributed by atoms with E-state index in [0.717, 1.165) is 12.1 Å². The number of benzene rings is 2. The van der Waals surface area contributed by atoms with Crippen molar-refractivity contribution in [3.8, 4) is 22.6 Å². The minimum atomic E-state index is -3.57. The zero-order valence-corrected chi connectivity index (χ0v) is 18.8. The van der Waals surface area contributed by atoms with E-state index in [9.17, 15) is 22.0 Å². The fourth-order valence-corrected chi connectivity index (χ4v) is 4.04. The number of hydrogen-bond donors (Lipinski definition) is 1. The van der Waals surface area contributed by atoms with Crippen LogP contribution >= 0.6 is 0 Å². The second kappa shape index (κ2) is 8.32. The summed E-state index contributed by atoms with van der Waals surface area (Å²) in [6.07, 6.45) is 3.07. The number of aryl methyl sites for hydroxylation is 2. The maximum absolute atomic E-state index is 14.3. The summed E-state index contributed by atoms with van der Waals surface area (Å²) in [5, 5.41) is 4.67. The number of pyridine rings is 1. The van der Waals surface area contributed by atoms with Crippen molar-refractivity contribution in [2.75, 3.05) is 10.5 Å². The molecule has 0 saturated carbocycles. The Morgan fingerprint density at radius 2 is 1.79 bits per heavy atom. The number of ether oxygens (including phenoxy) is 1. The highest BCUT2D eigenvalue weighted by Crippen LogP contribution is 2.39. The average molecular weight is 474 g/mol. The summed E-state index contributed by atoms with van der Waals surface area (Å²) in [6, 6.07) is 7.38. The predicted octanol–water partition coefficient (Wildman–Crippen LogP) is 3.77. The number of sulfonamides is 1. The Bertz CT molecular complexity index is 1540. The van der Waals surface area contributed by atoms with E-state index in [0.29, 0.717) is 28.1 Å². The van der Waals surface area contributed by atoms with Crippen molar-refractivity contribution in [2.45, 2.75) is 6.92 Å². The van der Waals surface area contributed by atoms with Crippen LogP contribution in [0.25, 0.3) is 22.0 Å². The fraction of sp³-hybridized carbons (Fsp3) is 0.182. The van der Waals surface area contributed by atoms with Crippen LogP contribution in [-0.4, -0.2) is 28.5 Å². The Labute approximate surface area is 188 Å². The van der Waals surface area contributed by atoms with Gasteiger partial charge >= 0.3 is 0 Å². The lowest BCUT2D eigenvalue weighted by molar-refractivity contribution is 0.439. The zero-order valence-electron chi connectivity index (χ0n) is 18.0. The number of fused-ring (bicyclic) bond motifs is 1. The molecule has 0 radical (unpaired) electrons. The Morgan fingerprint density at radius 3 is 2.48 bits per heavy atom. The van der Waals surface area contributed by atoms with Crippen LogP contribution in [0.15, 0.2) is 53.6 Å². The summed E-state index contributed by atoms with van der Waals surface area (Å²) in [4.78, 5) is 12.6. The number of halogens is 2. The van der Waals surface area contributed by atoms with Crippen molar-refractivity contribution in [2.24, 2.45) is 14.1 Å². The van der Waals surface area contributed by atoms with Gasteiger partial charge in [-0.3, -0.25) is 14.2 Å². The first-order valence-electron chi connectivity index (χ1n) is 9.89. The van der Waals surface area contributed by atoms with Gasteiger partial charge in [0.25, 0.3) is 5.56 Å². The molecule has 0 amide bonds. The van der Waals surface area contributed by atoms with Crippen molar-refractivity contribution in [1.29, 1.82) is 0 Å². The van der Waals surface area contributed by atoms with Crippen molar-refractivity contribution >= 4 is 26.6 Å². The van der Waals surface area contributed by atoms with Crippen molar-refractivity contribution < 1.29 is 21.9 Å². The number of hydrogen-bond acceptors (Lipinski definition) is 5. The number of nitrogens with zero attached hydrogens (tertiary/aromatic N) is 3. The van der Waals surface area contributed by atoms with Crippen LogP contribution in [0.4, 0.5) is 14.5 Å². The number of nitrogens with one attached hydrogen (secondary N) is 1. The van der Waals surface area contributed by atoms with Gasteiger partial charge in [-0.05, 0) is 37.3 Å². The molecule has 0 aliphatic rings. The lowest BCUT2D eigenvalue weighted by atomic mass is 10.0. The molecular formula is C22H20F2N4O4S. The van der Waals surface area contributed by atoms with E-state index >= 15 is 0 Å². The largest absolute Gasteiger partial charge is 0.454 e. The molecule has 0 aliphatic heterocycles.